The molecular formula is C22H21N3O3. The minimum Gasteiger partial charge on any atom is -0.475 e. The standard InChI is InChI=1S/C22H21N3O3/c1-22(2)27-14-17(28-22)13-26-21-11-19-16(12-23-21)9-10-25(19)20-8-7-15-5-3-4-6-18(15)24-20/h3-12,17H,13-14H2,1-2H3/t17-/m1/s1. The van der Waals surface area contributed by atoms with Crippen LogP contribution in [0.25, 0.3) is 27.6 Å². The number of para-hydroxylation sites is 1. The highest BCUT2D eigenvalue weighted by molar-refractivity contribution is 5.83. The van der Waals surface area contributed by atoms with Crippen molar-refractivity contribution < 1.29 is 14.2 Å². The SMILES string of the molecule is CC1(C)OC[C@@H](COc2cc3c(ccn3-c3ccc4ccccc4n3)cn2)O1. The van der Waals surface area contributed by atoms with Crippen molar-refractivity contribution in [1.82, 2.24) is 14.5 Å². The Balaban J connectivity index is 1.43. The average molecular weight is 375 g/mol. The largest absolute Gasteiger partial charge is 0.475 e. The van der Waals surface area contributed by atoms with Crippen molar-refractivity contribution in [2.75, 3.05) is 13.2 Å². The molecule has 1 atom stereocenters. The summed E-state index contributed by atoms with van der Waals surface area (Å²) in [5, 5.41) is 2.15. The molecule has 5 rings (SSSR count). The fourth-order valence-electron chi connectivity index (χ4n) is 3.50. The third kappa shape index (κ3) is 3.21. The van der Waals surface area contributed by atoms with Crippen molar-refractivity contribution >= 4 is 21.8 Å². The van der Waals surface area contributed by atoms with Gasteiger partial charge in [0.1, 0.15) is 18.5 Å². The van der Waals surface area contributed by atoms with Crippen LogP contribution in [0.5, 0.6) is 5.88 Å². The van der Waals surface area contributed by atoms with Gasteiger partial charge in [-0.2, -0.15) is 0 Å². The lowest BCUT2D eigenvalue weighted by atomic mass is 10.2. The molecule has 1 aliphatic rings. The lowest BCUT2D eigenvalue weighted by Crippen LogP contribution is -2.25. The van der Waals surface area contributed by atoms with Crippen LogP contribution in [0.3, 0.4) is 0 Å². The van der Waals surface area contributed by atoms with E-state index in [9.17, 15) is 0 Å². The summed E-state index contributed by atoms with van der Waals surface area (Å²) in [7, 11) is 0. The molecule has 1 saturated heterocycles. The van der Waals surface area contributed by atoms with Gasteiger partial charge in [0.2, 0.25) is 5.88 Å². The van der Waals surface area contributed by atoms with Gasteiger partial charge < -0.3 is 18.8 Å². The maximum Gasteiger partial charge on any atom is 0.215 e. The van der Waals surface area contributed by atoms with E-state index >= 15 is 0 Å². The van der Waals surface area contributed by atoms with Gasteiger partial charge in [-0.15, -0.1) is 0 Å². The molecule has 4 aromatic rings. The molecule has 4 heterocycles. The van der Waals surface area contributed by atoms with E-state index in [4.69, 9.17) is 19.2 Å². The van der Waals surface area contributed by atoms with E-state index in [0.717, 1.165) is 27.6 Å². The van der Waals surface area contributed by atoms with E-state index in [0.29, 0.717) is 19.1 Å². The lowest BCUT2D eigenvalue weighted by molar-refractivity contribution is -0.141. The summed E-state index contributed by atoms with van der Waals surface area (Å²) in [6.07, 6.45) is 3.73. The molecule has 0 saturated carbocycles. The zero-order valence-electron chi connectivity index (χ0n) is 15.8. The highest BCUT2D eigenvalue weighted by Gasteiger charge is 2.33. The lowest BCUT2D eigenvalue weighted by Gasteiger charge is -2.17. The van der Waals surface area contributed by atoms with Crippen molar-refractivity contribution in [2.24, 2.45) is 0 Å². The van der Waals surface area contributed by atoms with Crippen LogP contribution in [0.1, 0.15) is 13.8 Å². The Hall–Kier alpha value is -2.96. The molecule has 6 heteroatoms. The molecule has 1 fully saturated rings. The molecule has 3 aromatic heterocycles. The van der Waals surface area contributed by atoms with E-state index in [-0.39, 0.29) is 6.10 Å². The number of rotatable bonds is 4. The summed E-state index contributed by atoms with van der Waals surface area (Å²) in [6.45, 7) is 4.73. The first-order valence-electron chi connectivity index (χ1n) is 9.35. The molecule has 0 amide bonds. The Morgan fingerprint density at radius 1 is 1.14 bits per heavy atom. The Kier molecular flexibility index (Phi) is 4.03. The molecule has 1 aromatic carbocycles. The summed E-state index contributed by atoms with van der Waals surface area (Å²) in [4.78, 5) is 9.20. The summed E-state index contributed by atoms with van der Waals surface area (Å²) < 4.78 is 19.3. The maximum absolute atomic E-state index is 5.87. The Bertz CT molecular complexity index is 1150. The number of pyridine rings is 2. The maximum atomic E-state index is 5.87. The fourth-order valence-corrected chi connectivity index (χ4v) is 3.50. The van der Waals surface area contributed by atoms with Crippen LogP contribution in [-0.2, 0) is 9.47 Å². The van der Waals surface area contributed by atoms with Crippen LogP contribution in [0.2, 0.25) is 0 Å². The van der Waals surface area contributed by atoms with Gasteiger partial charge in [0.05, 0.1) is 17.6 Å². The number of hydrogen-bond acceptors (Lipinski definition) is 5. The van der Waals surface area contributed by atoms with Gasteiger partial charge in [-0.25, -0.2) is 9.97 Å². The molecule has 0 bridgehead atoms. The average Bonchev–Trinajstić information content (AvgIpc) is 3.28. The second kappa shape index (κ2) is 6.58. The zero-order valence-corrected chi connectivity index (χ0v) is 15.8. The predicted octanol–water partition coefficient (Wildman–Crippen LogP) is 4.10. The number of fused-ring (bicyclic) bond motifs is 2. The molecule has 142 valence electrons. The first-order chi connectivity index (χ1) is 13.6. The Morgan fingerprint density at radius 2 is 2.04 bits per heavy atom. The van der Waals surface area contributed by atoms with Gasteiger partial charge in [0, 0.05) is 29.2 Å². The summed E-state index contributed by atoms with van der Waals surface area (Å²) in [6, 6.07) is 16.2. The van der Waals surface area contributed by atoms with Crippen LogP contribution < -0.4 is 4.74 Å². The summed E-state index contributed by atoms with van der Waals surface area (Å²) in [5.41, 5.74) is 1.96. The van der Waals surface area contributed by atoms with Gasteiger partial charge in [-0.1, -0.05) is 18.2 Å². The first kappa shape index (κ1) is 17.2. The minimum absolute atomic E-state index is 0.0959. The van der Waals surface area contributed by atoms with E-state index in [1.807, 2.05) is 62.6 Å². The molecule has 0 N–H and O–H groups in total. The van der Waals surface area contributed by atoms with Crippen molar-refractivity contribution in [1.29, 1.82) is 0 Å². The highest BCUT2D eigenvalue weighted by atomic mass is 16.7. The van der Waals surface area contributed by atoms with Crippen molar-refractivity contribution in [3.05, 3.63) is 60.9 Å². The molecule has 6 nitrogen and oxygen atoms in total. The molecule has 1 aliphatic heterocycles. The Morgan fingerprint density at radius 3 is 2.89 bits per heavy atom. The monoisotopic (exact) mass is 375 g/mol. The van der Waals surface area contributed by atoms with Crippen molar-refractivity contribution in [3.63, 3.8) is 0 Å². The number of aromatic nitrogens is 3. The normalized spacial score (nSPS) is 18.7. The van der Waals surface area contributed by atoms with E-state index in [1.54, 1.807) is 0 Å². The van der Waals surface area contributed by atoms with Gasteiger partial charge in [-0.3, -0.25) is 0 Å². The van der Waals surface area contributed by atoms with E-state index in [2.05, 4.69) is 21.7 Å². The third-order valence-electron chi connectivity index (χ3n) is 4.86. The van der Waals surface area contributed by atoms with Crippen LogP contribution in [0.15, 0.2) is 60.9 Å². The summed E-state index contributed by atoms with van der Waals surface area (Å²) >= 11 is 0. The van der Waals surface area contributed by atoms with Crippen LogP contribution >= 0.6 is 0 Å². The van der Waals surface area contributed by atoms with Gasteiger partial charge in [0.25, 0.3) is 0 Å². The second-order valence-corrected chi connectivity index (χ2v) is 7.39. The number of benzene rings is 1. The quantitative estimate of drug-likeness (QED) is 0.537. The predicted molar refractivity (Wildman–Crippen MR) is 107 cm³/mol. The van der Waals surface area contributed by atoms with Gasteiger partial charge in [0.15, 0.2) is 5.79 Å². The molecule has 0 unspecified atom stereocenters. The zero-order chi connectivity index (χ0) is 19.1. The van der Waals surface area contributed by atoms with Gasteiger partial charge in [-0.05, 0) is 38.1 Å². The minimum atomic E-state index is -0.554. The smallest absolute Gasteiger partial charge is 0.215 e. The number of ether oxygens (including phenoxy) is 3. The van der Waals surface area contributed by atoms with E-state index in [1.165, 1.54) is 0 Å². The second-order valence-electron chi connectivity index (χ2n) is 7.39. The molecule has 0 radical (unpaired) electrons. The molecule has 0 aliphatic carbocycles. The number of hydrogen-bond donors (Lipinski definition) is 0. The Labute approximate surface area is 162 Å². The highest BCUT2D eigenvalue weighted by Crippen LogP contribution is 2.25. The number of nitrogens with zero attached hydrogens (tertiary/aromatic N) is 3. The third-order valence-corrected chi connectivity index (χ3v) is 4.86. The van der Waals surface area contributed by atoms with E-state index < -0.39 is 5.79 Å². The van der Waals surface area contributed by atoms with Crippen LogP contribution in [0, 0.1) is 0 Å². The molecular weight excluding hydrogens is 354 g/mol. The van der Waals surface area contributed by atoms with Gasteiger partial charge >= 0.3 is 0 Å². The summed E-state index contributed by atoms with van der Waals surface area (Å²) in [5.74, 6) is 0.865. The van der Waals surface area contributed by atoms with Crippen molar-refractivity contribution in [3.8, 4) is 11.7 Å². The first-order valence-corrected chi connectivity index (χ1v) is 9.35. The fraction of sp³-hybridized carbons (Fsp3) is 0.273. The molecule has 28 heavy (non-hydrogen) atoms. The topological polar surface area (TPSA) is 58.4 Å². The van der Waals surface area contributed by atoms with Crippen molar-refractivity contribution in [2.45, 2.75) is 25.7 Å². The van der Waals surface area contributed by atoms with Crippen LogP contribution in [0.4, 0.5) is 0 Å². The van der Waals surface area contributed by atoms with Crippen LogP contribution in [-0.4, -0.2) is 39.6 Å². The molecule has 0 spiro atoms.